The Morgan fingerprint density at radius 1 is 1.33 bits per heavy atom. The maximum Gasteiger partial charge on any atom is 0.165 e. The predicted molar refractivity (Wildman–Crippen MR) is 49.0 cm³/mol. The highest BCUT2D eigenvalue weighted by Gasteiger charge is 2.09. The Kier molecular flexibility index (Phi) is 1.27. The smallest absolute Gasteiger partial charge is 0.165 e. The van der Waals surface area contributed by atoms with E-state index in [2.05, 4.69) is 0 Å². The molecular weight excluding hydrogens is 152 g/mol. The first-order valence-electron chi connectivity index (χ1n) is 3.73. The highest BCUT2D eigenvalue weighted by atomic mass is 16.3. The van der Waals surface area contributed by atoms with Crippen molar-refractivity contribution in [3.63, 3.8) is 0 Å². The molecule has 0 saturated carbocycles. The number of fused-ring (bicyclic) bond motifs is 1. The van der Waals surface area contributed by atoms with Gasteiger partial charge < -0.3 is 15.4 Å². The van der Waals surface area contributed by atoms with Crippen molar-refractivity contribution in [1.29, 1.82) is 0 Å². The Bertz CT molecular complexity index is 392. The van der Waals surface area contributed by atoms with Gasteiger partial charge in [0.1, 0.15) is 5.82 Å². The first-order valence-corrected chi connectivity index (χ1v) is 3.73. The zero-order valence-corrected chi connectivity index (χ0v) is 6.78. The molecule has 2 aromatic rings. The van der Waals surface area contributed by atoms with Gasteiger partial charge in [0.05, 0.1) is 5.52 Å². The molecule has 12 heavy (non-hydrogen) atoms. The summed E-state index contributed by atoms with van der Waals surface area (Å²) in [6, 6.07) is 7.56. The highest BCUT2D eigenvalue weighted by molar-refractivity contribution is 5.92. The van der Waals surface area contributed by atoms with Crippen LogP contribution in [0.4, 0.5) is 5.82 Å². The van der Waals surface area contributed by atoms with E-state index in [4.69, 9.17) is 5.73 Å². The van der Waals surface area contributed by atoms with Crippen molar-refractivity contribution in [1.82, 2.24) is 4.57 Å². The number of nitrogen functional groups attached to an aromatic ring is 1. The van der Waals surface area contributed by atoms with Gasteiger partial charge in [-0.25, -0.2) is 0 Å². The van der Waals surface area contributed by atoms with Crippen LogP contribution < -0.4 is 5.73 Å². The molecule has 1 aromatic heterocycles. The summed E-state index contributed by atoms with van der Waals surface area (Å²) < 4.78 is 1.77. The average molecular weight is 162 g/mol. The molecule has 2 rings (SSSR count). The van der Waals surface area contributed by atoms with E-state index in [1.165, 1.54) is 0 Å². The van der Waals surface area contributed by atoms with Crippen molar-refractivity contribution in [2.45, 2.75) is 0 Å². The molecular formula is C9H10N2O. The van der Waals surface area contributed by atoms with E-state index in [0.29, 0.717) is 5.82 Å². The van der Waals surface area contributed by atoms with Crippen LogP contribution in [0.15, 0.2) is 24.3 Å². The molecule has 0 aliphatic carbocycles. The molecule has 0 spiro atoms. The van der Waals surface area contributed by atoms with Gasteiger partial charge in [-0.3, -0.25) is 0 Å². The van der Waals surface area contributed by atoms with E-state index in [9.17, 15) is 5.11 Å². The van der Waals surface area contributed by atoms with Gasteiger partial charge >= 0.3 is 0 Å². The lowest BCUT2D eigenvalue weighted by Gasteiger charge is -1.95. The quantitative estimate of drug-likeness (QED) is 0.616. The minimum absolute atomic E-state index is 0.174. The van der Waals surface area contributed by atoms with Crippen LogP contribution in [-0.4, -0.2) is 9.67 Å². The van der Waals surface area contributed by atoms with E-state index in [-0.39, 0.29) is 5.75 Å². The van der Waals surface area contributed by atoms with E-state index in [0.717, 1.165) is 10.9 Å². The first kappa shape index (κ1) is 7.03. The standard InChI is InChI=1S/C9H10N2O/c1-11-7-5-3-2-4-6(7)8(12)9(11)10/h2-5,12H,10H2,1H3. The third kappa shape index (κ3) is 0.704. The molecule has 62 valence electrons. The Labute approximate surface area is 70.0 Å². The largest absolute Gasteiger partial charge is 0.504 e. The van der Waals surface area contributed by atoms with E-state index in [1.54, 1.807) is 4.57 Å². The van der Waals surface area contributed by atoms with Gasteiger partial charge in [-0.1, -0.05) is 12.1 Å². The summed E-state index contributed by atoms with van der Waals surface area (Å²) in [6.07, 6.45) is 0. The second kappa shape index (κ2) is 2.17. The molecule has 3 heteroatoms. The van der Waals surface area contributed by atoms with Gasteiger partial charge in [-0.05, 0) is 12.1 Å². The number of benzene rings is 1. The van der Waals surface area contributed by atoms with Crippen LogP contribution in [0.1, 0.15) is 0 Å². The van der Waals surface area contributed by atoms with Crippen molar-refractivity contribution in [2.24, 2.45) is 7.05 Å². The lowest BCUT2D eigenvalue weighted by Crippen LogP contribution is -1.94. The summed E-state index contributed by atoms with van der Waals surface area (Å²) in [7, 11) is 1.83. The van der Waals surface area contributed by atoms with Gasteiger partial charge in [-0.2, -0.15) is 0 Å². The molecule has 0 fully saturated rings. The van der Waals surface area contributed by atoms with Crippen LogP contribution in [0.3, 0.4) is 0 Å². The highest BCUT2D eigenvalue weighted by Crippen LogP contribution is 2.32. The molecule has 1 aromatic carbocycles. The summed E-state index contributed by atoms with van der Waals surface area (Å²) in [5.74, 6) is 0.587. The minimum Gasteiger partial charge on any atom is -0.504 e. The molecule has 3 N–H and O–H groups in total. The van der Waals surface area contributed by atoms with Crippen LogP contribution in [-0.2, 0) is 7.05 Å². The van der Waals surface area contributed by atoms with E-state index < -0.39 is 0 Å². The first-order chi connectivity index (χ1) is 5.72. The number of aromatic nitrogens is 1. The molecule has 3 nitrogen and oxygen atoms in total. The average Bonchev–Trinajstić information content (AvgIpc) is 2.33. The molecule has 0 saturated heterocycles. The molecule has 0 aliphatic heterocycles. The molecule has 0 radical (unpaired) electrons. The fourth-order valence-electron chi connectivity index (χ4n) is 1.39. The molecule has 1 heterocycles. The van der Waals surface area contributed by atoms with Gasteiger partial charge in [-0.15, -0.1) is 0 Å². The van der Waals surface area contributed by atoms with Gasteiger partial charge in [0, 0.05) is 12.4 Å². The predicted octanol–water partition coefficient (Wildman–Crippen LogP) is 1.47. The normalized spacial score (nSPS) is 10.8. The zero-order valence-electron chi connectivity index (χ0n) is 6.78. The lowest BCUT2D eigenvalue weighted by atomic mass is 10.2. The molecule has 0 aliphatic rings. The zero-order chi connectivity index (χ0) is 8.72. The third-order valence-corrected chi connectivity index (χ3v) is 2.12. The summed E-state index contributed by atoms with van der Waals surface area (Å²) in [5, 5.41) is 10.3. The third-order valence-electron chi connectivity index (χ3n) is 2.12. The fraction of sp³-hybridized carbons (Fsp3) is 0.111. The minimum atomic E-state index is 0.174. The summed E-state index contributed by atoms with van der Waals surface area (Å²) >= 11 is 0. The van der Waals surface area contributed by atoms with Crippen LogP contribution in [0.5, 0.6) is 5.75 Å². The van der Waals surface area contributed by atoms with E-state index in [1.807, 2.05) is 31.3 Å². The molecule has 0 unspecified atom stereocenters. The number of hydrogen-bond donors (Lipinski definition) is 2. The van der Waals surface area contributed by atoms with Crippen molar-refractivity contribution >= 4 is 16.7 Å². The Morgan fingerprint density at radius 3 is 2.67 bits per heavy atom. The lowest BCUT2D eigenvalue weighted by molar-refractivity contribution is 0.483. The van der Waals surface area contributed by atoms with Crippen molar-refractivity contribution < 1.29 is 5.11 Å². The Morgan fingerprint density at radius 2 is 2.00 bits per heavy atom. The number of rotatable bonds is 0. The topological polar surface area (TPSA) is 51.2 Å². The van der Waals surface area contributed by atoms with Gasteiger partial charge in [0.15, 0.2) is 5.75 Å². The van der Waals surface area contributed by atoms with Gasteiger partial charge in [0.2, 0.25) is 0 Å². The second-order valence-electron chi connectivity index (χ2n) is 2.81. The Hall–Kier alpha value is -1.64. The van der Waals surface area contributed by atoms with Crippen molar-refractivity contribution in [3.05, 3.63) is 24.3 Å². The number of nitrogens with two attached hydrogens (primary N) is 1. The van der Waals surface area contributed by atoms with Crippen LogP contribution >= 0.6 is 0 Å². The second-order valence-corrected chi connectivity index (χ2v) is 2.81. The summed E-state index contributed by atoms with van der Waals surface area (Å²) in [5.41, 5.74) is 6.58. The fourth-order valence-corrected chi connectivity index (χ4v) is 1.39. The molecule has 0 bridgehead atoms. The maximum atomic E-state index is 9.53. The SMILES string of the molecule is Cn1c(N)c(O)c2ccccc21. The Balaban J connectivity index is 2.99. The number of hydrogen-bond acceptors (Lipinski definition) is 2. The number of anilines is 1. The summed E-state index contributed by atoms with van der Waals surface area (Å²) in [4.78, 5) is 0. The monoisotopic (exact) mass is 162 g/mol. The number of aromatic hydroxyl groups is 1. The number of aryl methyl sites for hydroxylation is 1. The molecule has 0 atom stereocenters. The van der Waals surface area contributed by atoms with Crippen molar-refractivity contribution in [2.75, 3.05) is 5.73 Å². The van der Waals surface area contributed by atoms with Gasteiger partial charge in [0.25, 0.3) is 0 Å². The molecule has 0 amide bonds. The van der Waals surface area contributed by atoms with Crippen LogP contribution in [0.25, 0.3) is 10.9 Å². The maximum absolute atomic E-state index is 9.53. The number of para-hydroxylation sites is 1. The van der Waals surface area contributed by atoms with Crippen molar-refractivity contribution in [3.8, 4) is 5.75 Å². The van der Waals surface area contributed by atoms with Crippen LogP contribution in [0, 0.1) is 0 Å². The van der Waals surface area contributed by atoms with E-state index >= 15 is 0 Å². The number of nitrogens with zero attached hydrogens (tertiary/aromatic N) is 1. The summed E-state index contributed by atoms with van der Waals surface area (Å²) in [6.45, 7) is 0. The van der Waals surface area contributed by atoms with Crippen LogP contribution in [0.2, 0.25) is 0 Å².